The van der Waals surface area contributed by atoms with E-state index in [0.717, 1.165) is 35.5 Å². The summed E-state index contributed by atoms with van der Waals surface area (Å²) >= 11 is 0. The third-order valence-corrected chi connectivity index (χ3v) is 6.17. The van der Waals surface area contributed by atoms with Crippen LogP contribution in [-0.4, -0.2) is 0 Å². The first kappa shape index (κ1) is 19.0. The number of hydrogen-bond donors (Lipinski definition) is 0. The molecule has 126 valence electrons. The van der Waals surface area contributed by atoms with Gasteiger partial charge in [0.2, 0.25) is 0 Å². The molecule has 0 spiro atoms. The van der Waals surface area contributed by atoms with Gasteiger partial charge in [-0.1, -0.05) is 73.6 Å². The van der Waals surface area contributed by atoms with Gasteiger partial charge in [0.15, 0.2) is 0 Å². The highest BCUT2D eigenvalue weighted by atomic mass is 14.4. The van der Waals surface area contributed by atoms with Gasteiger partial charge in [-0.3, -0.25) is 0 Å². The molecule has 0 bridgehead atoms. The minimum atomic E-state index is 0.883. The zero-order valence-electron chi connectivity index (χ0n) is 15.8. The van der Waals surface area contributed by atoms with Crippen LogP contribution in [0.5, 0.6) is 0 Å². The lowest BCUT2D eigenvalue weighted by atomic mass is 9.64. The fourth-order valence-corrected chi connectivity index (χ4v) is 5.04. The zero-order chi connectivity index (χ0) is 15.8. The van der Waals surface area contributed by atoms with Crippen molar-refractivity contribution in [2.45, 2.75) is 99.3 Å². The van der Waals surface area contributed by atoms with Crippen molar-refractivity contribution < 1.29 is 0 Å². The highest BCUT2D eigenvalue weighted by Gasteiger charge is 2.34. The van der Waals surface area contributed by atoms with Crippen molar-refractivity contribution >= 4 is 0 Å². The Balaban J connectivity index is 0.00000106. The van der Waals surface area contributed by atoms with Crippen LogP contribution in [-0.2, 0) is 0 Å². The fraction of sp³-hybridized carbons (Fsp3) is 1.00. The number of fused-ring (bicyclic) bond motifs is 1. The van der Waals surface area contributed by atoms with Crippen LogP contribution in [0.1, 0.15) is 99.3 Å². The van der Waals surface area contributed by atoms with E-state index in [1.807, 2.05) is 13.8 Å². The largest absolute Gasteiger partial charge is 0.0683 e. The van der Waals surface area contributed by atoms with Crippen LogP contribution in [0.3, 0.4) is 0 Å². The molecule has 0 radical (unpaired) electrons. The van der Waals surface area contributed by atoms with Crippen LogP contribution >= 0.6 is 0 Å². The second-order valence-electron chi connectivity index (χ2n) is 8.15. The van der Waals surface area contributed by atoms with Crippen molar-refractivity contribution in [3.63, 3.8) is 0 Å². The van der Waals surface area contributed by atoms with E-state index >= 15 is 0 Å². The first-order valence-corrected chi connectivity index (χ1v) is 10.1. The summed E-state index contributed by atoms with van der Waals surface area (Å²) in [5.74, 6) is 6.05. The van der Waals surface area contributed by atoms with E-state index in [0.29, 0.717) is 0 Å². The minimum Gasteiger partial charge on any atom is -0.0683 e. The van der Waals surface area contributed by atoms with Gasteiger partial charge in [-0.2, -0.15) is 0 Å². The van der Waals surface area contributed by atoms with Crippen molar-refractivity contribution in [3.05, 3.63) is 0 Å². The summed E-state index contributed by atoms with van der Waals surface area (Å²) in [6.45, 7) is 13.8. The SMILES string of the molecule is CC.CCC1CC(C)C(CC(C)C)CC2CCCCC2C1. The molecule has 2 aliphatic carbocycles. The summed E-state index contributed by atoms with van der Waals surface area (Å²) in [7, 11) is 0. The Hall–Kier alpha value is 0. The third-order valence-electron chi connectivity index (χ3n) is 6.17. The molecule has 2 saturated carbocycles. The smallest absolute Gasteiger partial charge is 0.0383 e. The van der Waals surface area contributed by atoms with Crippen molar-refractivity contribution in [2.75, 3.05) is 0 Å². The second kappa shape index (κ2) is 9.90. The lowest BCUT2D eigenvalue weighted by Crippen LogP contribution is -2.31. The Morgan fingerprint density at radius 2 is 1.48 bits per heavy atom. The van der Waals surface area contributed by atoms with E-state index in [1.165, 1.54) is 32.1 Å². The topological polar surface area (TPSA) is 0 Å². The standard InChI is InChI=1S/C19H36.C2H6/c1-5-16-11-15(4)19(10-14(2)3)13-18-9-7-6-8-17(18)12-16;1-2/h14-19H,5-13H2,1-4H3;1-2H3. The van der Waals surface area contributed by atoms with E-state index in [1.54, 1.807) is 25.7 Å². The molecule has 5 atom stereocenters. The predicted octanol–water partition coefficient (Wildman–Crippen LogP) is 7.33. The van der Waals surface area contributed by atoms with Crippen LogP contribution in [0.4, 0.5) is 0 Å². The van der Waals surface area contributed by atoms with E-state index in [-0.39, 0.29) is 0 Å². The Labute approximate surface area is 135 Å². The van der Waals surface area contributed by atoms with Crippen LogP contribution in [0.15, 0.2) is 0 Å². The molecule has 0 heteroatoms. The van der Waals surface area contributed by atoms with Gasteiger partial charge in [0.25, 0.3) is 0 Å². The van der Waals surface area contributed by atoms with Crippen molar-refractivity contribution in [1.82, 2.24) is 0 Å². The summed E-state index contributed by atoms with van der Waals surface area (Å²) in [5.41, 5.74) is 0. The van der Waals surface area contributed by atoms with E-state index < -0.39 is 0 Å². The molecule has 21 heavy (non-hydrogen) atoms. The molecule has 0 nitrogen and oxygen atoms in total. The summed E-state index contributed by atoms with van der Waals surface area (Å²) in [4.78, 5) is 0. The maximum atomic E-state index is 2.55. The van der Waals surface area contributed by atoms with Crippen LogP contribution < -0.4 is 0 Å². The molecule has 2 rings (SSSR count). The summed E-state index contributed by atoms with van der Waals surface area (Å²) in [6, 6.07) is 0. The van der Waals surface area contributed by atoms with Gasteiger partial charge in [-0.15, -0.1) is 0 Å². The quantitative estimate of drug-likeness (QED) is 0.511. The molecular formula is C21H42. The molecule has 0 amide bonds. The average molecular weight is 295 g/mol. The van der Waals surface area contributed by atoms with E-state index in [4.69, 9.17) is 0 Å². The van der Waals surface area contributed by atoms with E-state index in [2.05, 4.69) is 27.7 Å². The monoisotopic (exact) mass is 294 g/mol. The fourth-order valence-electron chi connectivity index (χ4n) is 5.04. The van der Waals surface area contributed by atoms with Gasteiger partial charge in [0.05, 0.1) is 0 Å². The Morgan fingerprint density at radius 1 is 0.905 bits per heavy atom. The van der Waals surface area contributed by atoms with Crippen LogP contribution in [0.25, 0.3) is 0 Å². The molecule has 0 saturated heterocycles. The third kappa shape index (κ3) is 5.95. The van der Waals surface area contributed by atoms with E-state index in [9.17, 15) is 0 Å². The van der Waals surface area contributed by atoms with Gasteiger partial charge < -0.3 is 0 Å². The predicted molar refractivity (Wildman–Crippen MR) is 96.5 cm³/mol. The normalized spacial score (nSPS) is 37.0. The molecular weight excluding hydrogens is 252 g/mol. The first-order valence-electron chi connectivity index (χ1n) is 10.1. The summed E-state index contributed by atoms with van der Waals surface area (Å²) in [6.07, 6.45) is 13.6. The van der Waals surface area contributed by atoms with Gasteiger partial charge in [0, 0.05) is 0 Å². The minimum absolute atomic E-state index is 0.883. The molecule has 0 aromatic carbocycles. The molecule has 2 aliphatic rings. The molecule has 2 fully saturated rings. The number of rotatable bonds is 3. The van der Waals surface area contributed by atoms with Crippen molar-refractivity contribution in [1.29, 1.82) is 0 Å². The summed E-state index contributed by atoms with van der Waals surface area (Å²) in [5, 5.41) is 0. The first-order chi connectivity index (χ1) is 10.1. The Bertz CT molecular complexity index is 255. The van der Waals surface area contributed by atoms with Gasteiger partial charge in [-0.05, 0) is 61.2 Å². The maximum Gasteiger partial charge on any atom is -0.0383 e. The lowest BCUT2D eigenvalue weighted by Gasteiger charge is -2.41. The van der Waals surface area contributed by atoms with Gasteiger partial charge in [-0.25, -0.2) is 0 Å². The molecule has 0 N–H and O–H groups in total. The molecule has 5 unspecified atom stereocenters. The molecule has 0 aliphatic heterocycles. The van der Waals surface area contributed by atoms with Crippen molar-refractivity contribution in [3.8, 4) is 0 Å². The second-order valence-corrected chi connectivity index (χ2v) is 8.15. The van der Waals surface area contributed by atoms with Gasteiger partial charge >= 0.3 is 0 Å². The average Bonchev–Trinajstić information content (AvgIpc) is 2.47. The van der Waals surface area contributed by atoms with Gasteiger partial charge in [0.1, 0.15) is 0 Å². The lowest BCUT2D eigenvalue weighted by molar-refractivity contribution is 0.0938. The highest BCUT2D eigenvalue weighted by molar-refractivity contribution is 4.85. The van der Waals surface area contributed by atoms with Crippen LogP contribution in [0, 0.1) is 35.5 Å². The molecule has 0 aromatic heterocycles. The Kier molecular flexibility index (Phi) is 8.98. The molecule has 0 heterocycles. The molecule has 0 aromatic rings. The Morgan fingerprint density at radius 3 is 2.00 bits per heavy atom. The van der Waals surface area contributed by atoms with Crippen molar-refractivity contribution in [2.24, 2.45) is 35.5 Å². The van der Waals surface area contributed by atoms with Crippen LogP contribution in [0.2, 0.25) is 0 Å². The summed E-state index contributed by atoms with van der Waals surface area (Å²) < 4.78 is 0. The highest BCUT2D eigenvalue weighted by Crippen LogP contribution is 2.45. The number of hydrogen-bond acceptors (Lipinski definition) is 0. The maximum absolute atomic E-state index is 2.55. The zero-order valence-corrected chi connectivity index (χ0v) is 15.8.